The first-order chi connectivity index (χ1) is 21.7. The Morgan fingerprint density at radius 3 is 2.60 bits per heavy atom. The second kappa shape index (κ2) is 12.5. The number of ether oxygens (including phenoxy) is 1. The third-order valence-corrected chi connectivity index (χ3v) is 9.16. The number of nitrogens with zero attached hydrogens (tertiary/aromatic N) is 3. The van der Waals surface area contributed by atoms with Crippen molar-refractivity contribution in [2.75, 3.05) is 19.0 Å². The number of hydrogen-bond acceptors (Lipinski definition) is 7. The zero-order chi connectivity index (χ0) is 31.8. The molecule has 0 saturated carbocycles. The summed E-state index contributed by atoms with van der Waals surface area (Å²) in [5.41, 5.74) is 6.80. The standard InChI is InChI=1S/C34H35ClN6O4/c1-18-16-37-41(3)34(44)29(18)32(43)39-25-10-6-7-22(19(25)2)23-8-5-9-24(31(23)35)27-15-20-11-13-26(30(20)33(40-27)45-4)36-17-21-12-14-28(42)38-21/h5-10,15-16,21,26,36H,11-14,17H2,1-4H3,(H,38,42)(H,39,43)/t21-,26-/m0/s1. The van der Waals surface area contributed by atoms with Gasteiger partial charge in [-0.1, -0.05) is 41.9 Å². The van der Waals surface area contributed by atoms with E-state index in [1.807, 2.05) is 37.3 Å². The summed E-state index contributed by atoms with van der Waals surface area (Å²) >= 11 is 7.11. The van der Waals surface area contributed by atoms with Crippen LogP contribution in [0.25, 0.3) is 22.4 Å². The molecule has 4 aromatic rings. The summed E-state index contributed by atoms with van der Waals surface area (Å²) in [6, 6.07) is 13.7. The molecule has 45 heavy (non-hydrogen) atoms. The van der Waals surface area contributed by atoms with Crippen molar-refractivity contribution < 1.29 is 14.3 Å². The van der Waals surface area contributed by atoms with Crippen LogP contribution in [-0.2, 0) is 18.3 Å². The third-order valence-electron chi connectivity index (χ3n) is 8.75. The van der Waals surface area contributed by atoms with E-state index in [4.69, 9.17) is 21.3 Å². The highest BCUT2D eigenvalue weighted by Crippen LogP contribution is 2.43. The van der Waals surface area contributed by atoms with Gasteiger partial charge < -0.3 is 20.7 Å². The van der Waals surface area contributed by atoms with E-state index in [2.05, 4.69) is 27.1 Å². The van der Waals surface area contributed by atoms with Crippen molar-refractivity contribution in [1.29, 1.82) is 0 Å². The number of fused-ring (bicyclic) bond motifs is 1. The van der Waals surface area contributed by atoms with Gasteiger partial charge in [0, 0.05) is 54.5 Å². The zero-order valence-electron chi connectivity index (χ0n) is 25.7. The molecule has 0 radical (unpaired) electrons. The van der Waals surface area contributed by atoms with Gasteiger partial charge in [0.1, 0.15) is 5.56 Å². The first-order valence-corrected chi connectivity index (χ1v) is 15.4. The fourth-order valence-electron chi connectivity index (χ4n) is 6.30. The number of anilines is 1. The summed E-state index contributed by atoms with van der Waals surface area (Å²) < 4.78 is 6.94. The molecular weight excluding hydrogens is 592 g/mol. The van der Waals surface area contributed by atoms with Gasteiger partial charge in [0.25, 0.3) is 11.5 Å². The molecule has 0 unspecified atom stereocenters. The lowest BCUT2D eigenvalue weighted by Crippen LogP contribution is -2.36. The molecule has 11 heteroatoms. The van der Waals surface area contributed by atoms with Gasteiger partial charge in [0.15, 0.2) is 0 Å². The number of carbonyl (C=O) groups is 2. The van der Waals surface area contributed by atoms with Crippen molar-refractivity contribution in [2.24, 2.45) is 7.05 Å². The largest absolute Gasteiger partial charge is 0.481 e. The van der Waals surface area contributed by atoms with Crippen LogP contribution >= 0.6 is 11.6 Å². The molecule has 2 aliphatic rings. The highest BCUT2D eigenvalue weighted by Gasteiger charge is 2.30. The fourth-order valence-corrected chi connectivity index (χ4v) is 6.63. The molecule has 3 heterocycles. The first-order valence-electron chi connectivity index (χ1n) is 15.0. The minimum absolute atomic E-state index is 0.0525. The number of amides is 2. The van der Waals surface area contributed by atoms with Gasteiger partial charge in [0.05, 0.1) is 24.0 Å². The van der Waals surface area contributed by atoms with Crippen molar-refractivity contribution in [2.45, 2.75) is 51.6 Å². The van der Waals surface area contributed by atoms with Crippen molar-refractivity contribution >= 4 is 29.1 Å². The number of nitrogens with one attached hydrogen (secondary N) is 3. The minimum atomic E-state index is -0.495. The number of carbonyl (C=O) groups excluding carboxylic acids is 2. The summed E-state index contributed by atoms with van der Waals surface area (Å²) in [5.74, 6) is 0.175. The normalized spacial score (nSPS) is 17.2. The van der Waals surface area contributed by atoms with Crippen LogP contribution < -0.4 is 26.2 Å². The first kappa shape index (κ1) is 30.5. The lowest BCUT2D eigenvalue weighted by Gasteiger charge is -2.20. The van der Waals surface area contributed by atoms with Gasteiger partial charge in [-0.2, -0.15) is 5.10 Å². The van der Waals surface area contributed by atoms with E-state index < -0.39 is 11.5 Å². The number of benzene rings is 2. The summed E-state index contributed by atoms with van der Waals surface area (Å²) in [7, 11) is 3.14. The smallest absolute Gasteiger partial charge is 0.279 e. The second-order valence-corrected chi connectivity index (χ2v) is 12.0. The second-order valence-electron chi connectivity index (χ2n) is 11.6. The maximum absolute atomic E-state index is 13.2. The Balaban J connectivity index is 1.29. The van der Waals surface area contributed by atoms with Crippen LogP contribution in [0.5, 0.6) is 5.88 Å². The van der Waals surface area contributed by atoms with Crippen LogP contribution in [0, 0.1) is 13.8 Å². The van der Waals surface area contributed by atoms with Crippen molar-refractivity contribution in [1.82, 2.24) is 25.4 Å². The highest BCUT2D eigenvalue weighted by atomic mass is 35.5. The number of halogens is 1. The van der Waals surface area contributed by atoms with Crippen LogP contribution in [0.3, 0.4) is 0 Å². The Bertz CT molecular complexity index is 1890. The van der Waals surface area contributed by atoms with Crippen LogP contribution in [0.1, 0.15) is 57.9 Å². The Morgan fingerprint density at radius 2 is 1.84 bits per heavy atom. The minimum Gasteiger partial charge on any atom is -0.481 e. The van der Waals surface area contributed by atoms with E-state index in [9.17, 15) is 14.4 Å². The molecule has 6 rings (SSSR count). The average molecular weight is 627 g/mol. The monoisotopic (exact) mass is 626 g/mol. The Hall–Kier alpha value is -4.54. The van der Waals surface area contributed by atoms with Gasteiger partial charge in [-0.3, -0.25) is 14.4 Å². The van der Waals surface area contributed by atoms with Crippen molar-refractivity contribution in [3.05, 3.63) is 91.9 Å². The van der Waals surface area contributed by atoms with Crippen molar-refractivity contribution in [3.8, 4) is 28.3 Å². The topological polar surface area (TPSA) is 127 Å². The number of methoxy groups -OCH3 is 1. The SMILES string of the molecule is COc1nc(-c2cccc(-c3cccc(NC(=O)c4c(C)cnn(C)c4=O)c3C)c2Cl)cc2c1[C@@H](NC[C@@H]1CCC(=O)N1)CC2. The lowest BCUT2D eigenvalue weighted by atomic mass is 9.96. The Morgan fingerprint density at radius 1 is 1.09 bits per heavy atom. The quantitative estimate of drug-likeness (QED) is 0.254. The molecule has 10 nitrogen and oxygen atoms in total. The van der Waals surface area contributed by atoms with E-state index >= 15 is 0 Å². The predicted octanol–water partition coefficient (Wildman–Crippen LogP) is 4.90. The number of aryl methyl sites for hydroxylation is 3. The van der Waals surface area contributed by atoms with E-state index in [0.29, 0.717) is 40.8 Å². The molecule has 1 fully saturated rings. The lowest BCUT2D eigenvalue weighted by molar-refractivity contribution is -0.119. The highest BCUT2D eigenvalue weighted by molar-refractivity contribution is 6.36. The molecule has 2 atom stereocenters. The Kier molecular flexibility index (Phi) is 8.44. The van der Waals surface area contributed by atoms with E-state index in [1.165, 1.54) is 13.2 Å². The number of pyridine rings is 1. The van der Waals surface area contributed by atoms with E-state index in [0.717, 1.165) is 57.3 Å². The fraction of sp³-hybridized carbons (Fsp3) is 0.324. The summed E-state index contributed by atoms with van der Waals surface area (Å²) in [6.07, 6.45) is 4.70. The van der Waals surface area contributed by atoms with Crippen LogP contribution in [0.2, 0.25) is 5.02 Å². The summed E-state index contributed by atoms with van der Waals surface area (Å²) in [5, 5.41) is 14.0. The molecule has 2 aromatic carbocycles. The predicted molar refractivity (Wildman–Crippen MR) is 174 cm³/mol. The van der Waals surface area contributed by atoms with Gasteiger partial charge in [-0.15, -0.1) is 0 Å². The molecule has 2 amide bonds. The van der Waals surface area contributed by atoms with E-state index in [1.54, 1.807) is 20.1 Å². The molecule has 232 valence electrons. The number of aromatic nitrogens is 3. The van der Waals surface area contributed by atoms with Gasteiger partial charge >= 0.3 is 0 Å². The van der Waals surface area contributed by atoms with Gasteiger partial charge in [-0.25, -0.2) is 9.67 Å². The van der Waals surface area contributed by atoms with Crippen molar-refractivity contribution in [3.63, 3.8) is 0 Å². The molecule has 1 saturated heterocycles. The zero-order valence-corrected chi connectivity index (χ0v) is 26.4. The van der Waals surface area contributed by atoms with Gasteiger partial charge in [0.2, 0.25) is 11.8 Å². The summed E-state index contributed by atoms with van der Waals surface area (Å²) in [6.45, 7) is 4.30. The molecular formula is C34H35ClN6O4. The third kappa shape index (κ3) is 5.83. The molecule has 0 spiro atoms. The van der Waals surface area contributed by atoms with Crippen LogP contribution in [0.4, 0.5) is 5.69 Å². The average Bonchev–Trinajstić information content (AvgIpc) is 3.64. The molecule has 2 aromatic heterocycles. The van der Waals surface area contributed by atoms with Crippen LogP contribution in [0.15, 0.2) is 53.5 Å². The number of rotatable bonds is 8. The number of hydrogen-bond donors (Lipinski definition) is 3. The maximum atomic E-state index is 13.2. The molecule has 1 aliphatic carbocycles. The van der Waals surface area contributed by atoms with Crippen LogP contribution in [-0.4, -0.2) is 46.3 Å². The summed E-state index contributed by atoms with van der Waals surface area (Å²) in [4.78, 5) is 42.3. The Labute approximate surface area is 266 Å². The molecule has 3 N–H and O–H groups in total. The van der Waals surface area contributed by atoms with E-state index in [-0.39, 0.29) is 23.6 Å². The maximum Gasteiger partial charge on any atom is 0.279 e. The molecule has 1 aliphatic heterocycles. The van der Waals surface area contributed by atoms with Gasteiger partial charge in [-0.05, 0) is 67.5 Å². The molecule has 0 bridgehead atoms.